The Morgan fingerprint density at radius 1 is 1.43 bits per heavy atom. The van der Waals surface area contributed by atoms with Crippen LogP contribution < -0.4 is 10.6 Å². The molecule has 1 unspecified atom stereocenters. The molecule has 1 aromatic rings. The number of amides is 2. The minimum Gasteiger partial charge on any atom is -0.480 e. The fraction of sp³-hybridized carbons (Fsp3) is 0.357. The number of carboxylic acids is 1. The first kappa shape index (κ1) is 17.6. The summed E-state index contributed by atoms with van der Waals surface area (Å²) in [7, 11) is 0. The number of carboxylic acid groups (broad SMARTS) is 1. The molecule has 2 rings (SSSR count). The van der Waals surface area contributed by atoms with Crippen LogP contribution in [-0.4, -0.2) is 47.9 Å². The summed E-state index contributed by atoms with van der Waals surface area (Å²) in [6.45, 7) is -0.114. The molecule has 2 amide bonds. The van der Waals surface area contributed by atoms with Crippen molar-refractivity contribution in [3.05, 3.63) is 23.2 Å². The highest BCUT2D eigenvalue weighted by atomic mass is 35.5. The number of carbonyl (C=O) groups is 3. The maximum absolute atomic E-state index is 12.0. The lowest BCUT2D eigenvalue weighted by atomic mass is 10.2. The quantitative estimate of drug-likeness (QED) is 0.636. The first-order valence-corrected chi connectivity index (χ1v) is 8.05. The number of benzene rings is 1. The highest BCUT2D eigenvalue weighted by Gasteiger charge is 2.28. The molecule has 0 radical (unpaired) electrons. The van der Waals surface area contributed by atoms with Gasteiger partial charge in [0.05, 0.1) is 17.5 Å². The van der Waals surface area contributed by atoms with E-state index in [1.807, 2.05) is 0 Å². The van der Waals surface area contributed by atoms with E-state index in [2.05, 4.69) is 10.6 Å². The maximum atomic E-state index is 12.0. The number of halogens is 1. The van der Waals surface area contributed by atoms with Crippen LogP contribution in [0.3, 0.4) is 0 Å². The number of carbonyl (C=O) groups excluding carboxylic acids is 2. The number of nitrogens with one attached hydrogen (secondary N) is 2. The van der Waals surface area contributed by atoms with Crippen LogP contribution in [0.2, 0.25) is 5.02 Å². The van der Waals surface area contributed by atoms with Gasteiger partial charge in [-0.2, -0.15) is 0 Å². The van der Waals surface area contributed by atoms with Gasteiger partial charge in [0.2, 0.25) is 11.8 Å². The Kier molecular flexibility index (Phi) is 6.26. The number of hydrogen-bond acceptors (Lipinski definition) is 5. The highest BCUT2D eigenvalue weighted by molar-refractivity contribution is 8.01. The molecule has 1 aromatic carbocycles. The van der Waals surface area contributed by atoms with Gasteiger partial charge in [0.1, 0.15) is 6.61 Å². The van der Waals surface area contributed by atoms with Crippen LogP contribution in [0.5, 0.6) is 0 Å². The first-order chi connectivity index (χ1) is 11.0. The Balaban J connectivity index is 1.79. The first-order valence-electron chi connectivity index (χ1n) is 6.79. The fourth-order valence-electron chi connectivity index (χ4n) is 1.92. The van der Waals surface area contributed by atoms with E-state index < -0.39 is 17.8 Å². The molecule has 1 atom stereocenters. The monoisotopic (exact) mass is 358 g/mol. The van der Waals surface area contributed by atoms with Gasteiger partial charge in [-0.1, -0.05) is 11.6 Å². The van der Waals surface area contributed by atoms with E-state index in [1.54, 1.807) is 18.2 Å². The number of fused-ring (bicyclic) bond motifs is 1. The predicted molar refractivity (Wildman–Crippen MR) is 85.8 cm³/mol. The van der Waals surface area contributed by atoms with Crippen molar-refractivity contribution >= 4 is 46.8 Å². The van der Waals surface area contributed by atoms with Crippen LogP contribution in [-0.2, 0) is 19.1 Å². The molecule has 0 saturated heterocycles. The lowest BCUT2D eigenvalue weighted by Gasteiger charge is -2.23. The summed E-state index contributed by atoms with van der Waals surface area (Å²) in [5, 5.41) is 13.7. The molecule has 0 aliphatic carbocycles. The van der Waals surface area contributed by atoms with Gasteiger partial charge in [0.25, 0.3) is 0 Å². The lowest BCUT2D eigenvalue weighted by Crippen LogP contribution is -2.36. The van der Waals surface area contributed by atoms with E-state index in [1.165, 1.54) is 11.8 Å². The molecule has 1 aliphatic rings. The Morgan fingerprint density at radius 3 is 2.96 bits per heavy atom. The van der Waals surface area contributed by atoms with Gasteiger partial charge in [0.15, 0.2) is 0 Å². The zero-order valence-corrected chi connectivity index (χ0v) is 13.6. The summed E-state index contributed by atoms with van der Waals surface area (Å²) >= 11 is 7.18. The van der Waals surface area contributed by atoms with Crippen LogP contribution in [0.4, 0.5) is 5.69 Å². The highest BCUT2D eigenvalue weighted by Crippen LogP contribution is 2.38. The second-order valence-electron chi connectivity index (χ2n) is 4.74. The van der Waals surface area contributed by atoms with Gasteiger partial charge < -0.3 is 20.5 Å². The second-order valence-corrected chi connectivity index (χ2v) is 6.42. The minimum absolute atomic E-state index is 0.0253. The van der Waals surface area contributed by atoms with Crippen LogP contribution in [0, 0.1) is 0 Å². The molecular weight excluding hydrogens is 344 g/mol. The molecule has 23 heavy (non-hydrogen) atoms. The van der Waals surface area contributed by atoms with Gasteiger partial charge in [-0.05, 0) is 18.2 Å². The molecule has 0 spiro atoms. The second kappa shape index (κ2) is 8.19. The smallest absolute Gasteiger partial charge is 0.329 e. The number of rotatable bonds is 7. The fourth-order valence-corrected chi connectivity index (χ4v) is 3.18. The number of aliphatic carboxylic acids is 1. The number of hydrogen-bond donors (Lipinski definition) is 3. The third kappa shape index (κ3) is 5.42. The molecule has 0 saturated carbocycles. The summed E-state index contributed by atoms with van der Waals surface area (Å²) in [5.74, 6) is -1.61. The predicted octanol–water partition coefficient (Wildman–Crippen LogP) is 1.36. The molecule has 1 aliphatic heterocycles. The SMILES string of the molecule is O=C(O)COCCNC(=O)CC1Sc2ccc(Cl)cc2NC1=O. The van der Waals surface area contributed by atoms with Crippen molar-refractivity contribution in [2.45, 2.75) is 16.6 Å². The lowest BCUT2D eigenvalue weighted by molar-refractivity contribution is -0.142. The third-order valence-electron chi connectivity index (χ3n) is 2.93. The van der Waals surface area contributed by atoms with Crippen molar-refractivity contribution in [1.82, 2.24) is 5.32 Å². The van der Waals surface area contributed by atoms with Gasteiger partial charge in [-0.25, -0.2) is 4.79 Å². The zero-order chi connectivity index (χ0) is 16.8. The van der Waals surface area contributed by atoms with E-state index in [0.29, 0.717) is 10.7 Å². The van der Waals surface area contributed by atoms with Crippen LogP contribution in [0.1, 0.15) is 6.42 Å². The number of thioether (sulfide) groups is 1. The van der Waals surface area contributed by atoms with Gasteiger partial charge in [-0.3, -0.25) is 9.59 Å². The van der Waals surface area contributed by atoms with Crippen molar-refractivity contribution in [1.29, 1.82) is 0 Å². The molecule has 0 aromatic heterocycles. The van der Waals surface area contributed by atoms with E-state index in [4.69, 9.17) is 21.4 Å². The van der Waals surface area contributed by atoms with Crippen molar-refractivity contribution in [3.8, 4) is 0 Å². The van der Waals surface area contributed by atoms with Crippen molar-refractivity contribution in [2.75, 3.05) is 25.1 Å². The Hall–Kier alpha value is -1.77. The maximum Gasteiger partial charge on any atom is 0.329 e. The Labute approximate surface area is 141 Å². The van der Waals surface area contributed by atoms with E-state index in [0.717, 1.165) is 4.90 Å². The summed E-state index contributed by atoms with van der Waals surface area (Å²) in [6, 6.07) is 5.19. The van der Waals surface area contributed by atoms with E-state index in [9.17, 15) is 14.4 Å². The Bertz CT molecular complexity index is 625. The van der Waals surface area contributed by atoms with Crippen LogP contribution >= 0.6 is 23.4 Å². The minimum atomic E-state index is -1.06. The zero-order valence-electron chi connectivity index (χ0n) is 12.0. The van der Waals surface area contributed by atoms with Crippen molar-refractivity contribution in [3.63, 3.8) is 0 Å². The van der Waals surface area contributed by atoms with Crippen LogP contribution in [0.15, 0.2) is 23.1 Å². The van der Waals surface area contributed by atoms with Gasteiger partial charge in [0, 0.05) is 22.9 Å². The Morgan fingerprint density at radius 2 is 2.22 bits per heavy atom. The summed E-state index contributed by atoms with van der Waals surface area (Å²) in [5.41, 5.74) is 0.645. The van der Waals surface area contributed by atoms with E-state index in [-0.39, 0.29) is 31.4 Å². The standard InChI is InChI=1S/C14H15ClN2O5S/c15-8-1-2-10-9(5-8)17-14(21)11(23-10)6-12(18)16-3-4-22-7-13(19)20/h1-2,5,11H,3-4,6-7H2,(H,16,18)(H,17,21)(H,19,20). The molecule has 9 heteroatoms. The van der Waals surface area contributed by atoms with Crippen molar-refractivity contribution < 1.29 is 24.2 Å². The topological polar surface area (TPSA) is 105 Å². The number of ether oxygens (including phenoxy) is 1. The normalized spacial score (nSPS) is 16.4. The molecule has 3 N–H and O–H groups in total. The molecule has 124 valence electrons. The molecule has 7 nitrogen and oxygen atoms in total. The average Bonchev–Trinajstić information content (AvgIpc) is 2.47. The third-order valence-corrected chi connectivity index (χ3v) is 4.44. The summed E-state index contributed by atoms with van der Waals surface area (Å²) in [6.07, 6.45) is 0.0253. The molecule has 0 bridgehead atoms. The average molecular weight is 359 g/mol. The molecule has 1 heterocycles. The molecule has 0 fully saturated rings. The summed E-state index contributed by atoms with van der Waals surface area (Å²) in [4.78, 5) is 34.9. The van der Waals surface area contributed by atoms with E-state index >= 15 is 0 Å². The van der Waals surface area contributed by atoms with Crippen molar-refractivity contribution in [2.24, 2.45) is 0 Å². The summed E-state index contributed by atoms with van der Waals surface area (Å²) < 4.78 is 4.80. The van der Waals surface area contributed by atoms with Gasteiger partial charge >= 0.3 is 5.97 Å². The number of anilines is 1. The van der Waals surface area contributed by atoms with Gasteiger partial charge in [-0.15, -0.1) is 11.8 Å². The molecular formula is C14H15ClN2O5S. The van der Waals surface area contributed by atoms with Crippen LogP contribution in [0.25, 0.3) is 0 Å². The largest absolute Gasteiger partial charge is 0.480 e.